The van der Waals surface area contributed by atoms with Crippen LogP contribution in [0.2, 0.25) is 0 Å². The van der Waals surface area contributed by atoms with Gasteiger partial charge in [0.25, 0.3) is 0 Å². The zero-order chi connectivity index (χ0) is 18.7. The van der Waals surface area contributed by atoms with Crippen LogP contribution >= 0.6 is 0 Å². The molecule has 2 aromatic carbocycles. The predicted molar refractivity (Wildman–Crippen MR) is 89.0 cm³/mol. The highest BCUT2D eigenvalue weighted by Crippen LogP contribution is 2.29. The third kappa shape index (κ3) is 4.02. The van der Waals surface area contributed by atoms with Crippen molar-refractivity contribution in [3.05, 3.63) is 71.3 Å². The predicted octanol–water partition coefficient (Wildman–Crippen LogP) is 4.03. The Morgan fingerprint density at radius 2 is 1.85 bits per heavy atom. The average Bonchev–Trinajstić information content (AvgIpc) is 3.06. The number of anilines is 1. The van der Waals surface area contributed by atoms with Gasteiger partial charge in [0.15, 0.2) is 0 Å². The average molecular weight is 361 g/mol. The molecule has 0 bridgehead atoms. The van der Waals surface area contributed by atoms with E-state index in [1.54, 1.807) is 30.3 Å². The molecule has 0 radical (unpaired) electrons. The van der Waals surface area contributed by atoms with Crippen LogP contribution in [0.5, 0.6) is 0 Å². The molecule has 0 unspecified atom stereocenters. The van der Waals surface area contributed by atoms with Gasteiger partial charge < -0.3 is 10.5 Å². The number of aromatic nitrogens is 2. The number of aromatic amines is 1. The van der Waals surface area contributed by atoms with E-state index < -0.39 is 17.7 Å². The first kappa shape index (κ1) is 17.5. The molecule has 0 saturated heterocycles. The van der Waals surface area contributed by atoms with Gasteiger partial charge in [0.2, 0.25) is 0 Å². The lowest BCUT2D eigenvalue weighted by molar-refractivity contribution is -0.137. The Labute approximate surface area is 146 Å². The Balaban J connectivity index is 1.65. The molecule has 1 aromatic heterocycles. The van der Waals surface area contributed by atoms with E-state index in [-0.39, 0.29) is 17.7 Å². The zero-order valence-corrected chi connectivity index (χ0v) is 13.4. The molecule has 134 valence electrons. The number of carbonyl (C=O) groups excluding carboxylic acids is 1. The van der Waals surface area contributed by atoms with Gasteiger partial charge in [0.1, 0.15) is 12.4 Å². The first-order valence-electron chi connectivity index (χ1n) is 7.57. The van der Waals surface area contributed by atoms with Crippen LogP contribution in [0.4, 0.5) is 19.0 Å². The summed E-state index contributed by atoms with van der Waals surface area (Å²) in [7, 11) is 0. The molecule has 8 heteroatoms. The number of H-pyrrole nitrogens is 1. The molecule has 0 atom stereocenters. The van der Waals surface area contributed by atoms with Crippen LogP contribution in [0.15, 0.2) is 54.6 Å². The van der Waals surface area contributed by atoms with Crippen molar-refractivity contribution >= 4 is 11.8 Å². The summed E-state index contributed by atoms with van der Waals surface area (Å²) in [5, 5.41) is 6.57. The van der Waals surface area contributed by atoms with Gasteiger partial charge in [-0.3, -0.25) is 5.10 Å². The quantitative estimate of drug-likeness (QED) is 0.688. The molecule has 0 saturated carbocycles. The van der Waals surface area contributed by atoms with E-state index >= 15 is 0 Å². The smallest absolute Gasteiger partial charge is 0.416 e. The van der Waals surface area contributed by atoms with Gasteiger partial charge in [-0.25, -0.2) is 4.79 Å². The minimum atomic E-state index is -4.44. The summed E-state index contributed by atoms with van der Waals surface area (Å²) in [6, 6.07) is 12.8. The van der Waals surface area contributed by atoms with Crippen molar-refractivity contribution in [2.24, 2.45) is 0 Å². The van der Waals surface area contributed by atoms with Gasteiger partial charge in [-0.05, 0) is 35.4 Å². The minimum absolute atomic E-state index is 0.248. The number of benzene rings is 2. The highest BCUT2D eigenvalue weighted by Gasteiger charge is 2.30. The van der Waals surface area contributed by atoms with E-state index in [2.05, 4.69) is 10.2 Å². The number of hydrogen-bond acceptors (Lipinski definition) is 4. The standard InChI is InChI=1S/C18H14F3N3O2/c19-18(20,21)14-3-1-2-11(8-14)10-26-17(25)13-6-4-12(5-7-13)15-9-16(22)24-23-15/h1-9H,10H2,(H3,22,23,24). The lowest BCUT2D eigenvalue weighted by Crippen LogP contribution is -2.08. The highest BCUT2D eigenvalue weighted by molar-refractivity contribution is 5.90. The van der Waals surface area contributed by atoms with Gasteiger partial charge >= 0.3 is 12.1 Å². The van der Waals surface area contributed by atoms with Crippen LogP contribution in [0.1, 0.15) is 21.5 Å². The SMILES string of the molecule is Nc1cc(-c2ccc(C(=O)OCc3cccc(C(F)(F)F)c3)cc2)[nH]n1. The van der Waals surface area contributed by atoms with E-state index in [9.17, 15) is 18.0 Å². The van der Waals surface area contributed by atoms with Crippen molar-refractivity contribution in [3.63, 3.8) is 0 Å². The van der Waals surface area contributed by atoms with Crippen molar-refractivity contribution in [1.29, 1.82) is 0 Å². The third-order valence-corrected chi connectivity index (χ3v) is 3.65. The summed E-state index contributed by atoms with van der Waals surface area (Å²) in [6.07, 6.45) is -4.44. The van der Waals surface area contributed by atoms with Crippen LogP contribution in [0.25, 0.3) is 11.3 Å². The lowest BCUT2D eigenvalue weighted by atomic mass is 10.1. The Kier molecular flexibility index (Phi) is 4.66. The van der Waals surface area contributed by atoms with Crippen LogP contribution in [0.3, 0.4) is 0 Å². The van der Waals surface area contributed by atoms with Crippen molar-refractivity contribution < 1.29 is 22.7 Å². The number of esters is 1. The van der Waals surface area contributed by atoms with E-state index in [4.69, 9.17) is 10.5 Å². The van der Waals surface area contributed by atoms with Gasteiger partial charge in [-0.2, -0.15) is 18.3 Å². The topological polar surface area (TPSA) is 81.0 Å². The van der Waals surface area contributed by atoms with Crippen LogP contribution in [-0.4, -0.2) is 16.2 Å². The molecular formula is C18H14F3N3O2. The lowest BCUT2D eigenvalue weighted by Gasteiger charge is -2.09. The van der Waals surface area contributed by atoms with E-state index in [1.807, 2.05) is 0 Å². The number of hydrogen-bond donors (Lipinski definition) is 2. The van der Waals surface area contributed by atoms with Gasteiger partial charge in [-0.15, -0.1) is 0 Å². The van der Waals surface area contributed by atoms with Crippen molar-refractivity contribution in [3.8, 4) is 11.3 Å². The molecule has 3 rings (SSSR count). The largest absolute Gasteiger partial charge is 0.457 e. The number of nitrogen functional groups attached to an aromatic ring is 1. The number of halogens is 3. The van der Waals surface area contributed by atoms with Crippen LogP contribution in [0, 0.1) is 0 Å². The minimum Gasteiger partial charge on any atom is -0.457 e. The second kappa shape index (κ2) is 6.91. The summed E-state index contributed by atoms with van der Waals surface area (Å²) in [6.45, 7) is -0.248. The zero-order valence-electron chi connectivity index (χ0n) is 13.4. The fraction of sp³-hybridized carbons (Fsp3) is 0.111. The van der Waals surface area contributed by atoms with Gasteiger partial charge in [0.05, 0.1) is 16.8 Å². The Morgan fingerprint density at radius 1 is 1.12 bits per heavy atom. The fourth-order valence-electron chi connectivity index (χ4n) is 2.34. The van der Waals surface area contributed by atoms with Crippen molar-refractivity contribution in [2.45, 2.75) is 12.8 Å². The molecule has 0 aliphatic carbocycles. The Hall–Kier alpha value is -3.29. The number of carbonyl (C=O) groups is 1. The summed E-state index contributed by atoms with van der Waals surface area (Å²) in [4.78, 5) is 12.1. The second-order valence-electron chi connectivity index (χ2n) is 5.56. The maximum absolute atomic E-state index is 12.7. The number of ether oxygens (including phenoxy) is 1. The first-order chi connectivity index (χ1) is 12.3. The molecule has 0 aliphatic rings. The summed E-state index contributed by atoms with van der Waals surface area (Å²) in [5.41, 5.74) is 6.79. The fourth-order valence-corrected chi connectivity index (χ4v) is 2.34. The Bertz CT molecular complexity index is 918. The van der Waals surface area contributed by atoms with Crippen LogP contribution < -0.4 is 5.73 Å². The van der Waals surface area contributed by atoms with E-state index in [0.717, 1.165) is 17.7 Å². The molecule has 0 amide bonds. The molecule has 0 aliphatic heterocycles. The molecule has 0 fully saturated rings. The molecule has 5 nitrogen and oxygen atoms in total. The first-order valence-corrected chi connectivity index (χ1v) is 7.57. The molecule has 1 heterocycles. The highest BCUT2D eigenvalue weighted by atomic mass is 19.4. The summed E-state index contributed by atoms with van der Waals surface area (Å²) >= 11 is 0. The molecular weight excluding hydrogens is 347 g/mol. The normalized spacial score (nSPS) is 11.3. The number of rotatable bonds is 4. The van der Waals surface area contributed by atoms with E-state index in [1.165, 1.54) is 12.1 Å². The third-order valence-electron chi connectivity index (χ3n) is 3.65. The monoisotopic (exact) mass is 361 g/mol. The number of nitrogens with one attached hydrogen (secondary N) is 1. The molecule has 0 spiro atoms. The Morgan fingerprint density at radius 3 is 2.46 bits per heavy atom. The molecule has 26 heavy (non-hydrogen) atoms. The van der Waals surface area contributed by atoms with Gasteiger partial charge in [-0.1, -0.05) is 24.3 Å². The summed E-state index contributed by atoms with van der Waals surface area (Å²) in [5.74, 6) is -0.275. The number of nitrogens with zero attached hydrogens (tertiary/aromatic N) is 1. The summed E-state index contributed by atoms with van der Waals surface area (Å²) < 4.78 is 43.2. The molecule has 3 aromatic rings. The van der Waals surface area contributed by atoms with E-state index in [0.29, 0.717) is 11.5 Å². The second-order valence-corrected chi connectivity index (χ2v) is 5.56. The van der Waals surface area contributed by atoms with Crippen LogP contribution in [-0.2, 0) is 17.5 Å². The number of alkyl halides is 3. The van der Waals surface area contributed by atoms with Crippen molar-refractivity contribution in [2.75, 3.05) is 5.73 Å². The van der Waals surface area contributed by atoms with Crippen molar-refractivity contribution in [1.82, 2.24) is 10.2 Å². The maximum atomic E-state index is 12.7. The van der Waals surface area contributed by atoms with Gasteiger partial charge in [0, 0.05) is 6.07 Å². The maximum Gasteiger partial charge on any atom is 0.416 e. The molecule has 3 N–H and O–H groups in total. The number of nitrogens with two attached hydrogens (primary N) is 1.